The van der Waals surface area contributed by atoms with Gasteiger partial charge in [-0.2, -0.15) is 0 Å². The van der Waals surface area contributed by atoms with Crippen LogP contribution in [0.4, 0.5) is 5.00 Å². The standard InChI is InChI=1S/C32H31N3O6S/c1-2-41-32(39)20-11-13-21(14-12-20)35-29(36)23-8-4-3-7-22(23)25(30(35)37)19-33-28-27(24-9-5-6-10-26(24)42-28)31(38)34-15-17-40-18-16-34/h3-4,7-8,11-14,19,37H,2,5-6,9-10,15-18H2,1H3/b33-19+. The molecule has 3 heterocycles. The number of morpholine rings is 1. The molecule has 1 saturated heterocycles. The fourth-order valence-electron chi connectivity index (χ4n) is 5.60. The highest BCUT2D eigenvalue weighted by atomic mass is 32.1. The van der Waals surface area contributed by atoms with Gasteiger partial charge in [-0.05, 0) is 68.5 Å². The molecule has 1 amide bonds. The molecule has 216 valence electrons. The van der Waals surface area contributed by atoms with E-state index in [2.05, 4.69) is 0 Å². The summed E-state index contributed by atoms with van der Waals surface area (Å²) in [6, 6.07) is 13.3. The first kappa shape index (κ1) is 27.9. The molecule has 1 fully saturated rings. The van der Waals surface area contributed by atoms with Gasteiger partial charge in [-0.3, -0.25) is 9.59 Å². The van der Waals surface area contributed by atoms with Crippen LogP contribution in [0.2, 0.25) is 0 Å². The van der Waals surface area contributed by atoms with Crippen molar-refractivity contribution in [1.29, 1.82) is 0 Å². The average molecular weight is 586 g/mol. The molecule has 2 aromatic carbocycles. The van der Waals surface area contributed by atoms with Crippen molar-refractivity contribution in [3.8, 4) is 11.6 Å². The molecule has 2 aliphatic rings. The molecule has 0 unspecified atom stereocenters. The van der Waals surface area contributed by atoms with Crippen LogP contribution in [0, 0.1) is 0 Å². The van der Waals surface area contributed by atoms with E-state index in [1.165, 1.54) is 20.8 Å². The van der Waals surface area contributed by atoms with Crippen LogP contribution in [0.1, 0.15) is 56.5 Å². The number of amides is 1. The first-order valence-electron chi connectivity index (χ1n) is 14.2. The first-order chi connectivity index (χ1) is 20.5. The van der Waals surface area contributed by atoms with E-state index in [0.29, 0.717) is 64.5 Å². The average Bonchev–Trinajstić information content (AvgIpc) is 3.40. The maximum atomic E-state index is 13.7. The molecule has 0 radical (unpaired) electrons. The monoisotopic (exact) mass is 585 g/mol. The Kier molecular flexibility index (Phi) is 7.90. The minimum atomic E-state index is -0.465. The zero-order valence-electron chi connectivity index (χ0n) is 23.3. The minimum absolute atomic E-state index is 0.0365. The lowest BCUT2D eigenvalue weighted by molar-refractivity contribution is 0.0303. The van der Waals surface area contributed by atoms with E-state index in [4.69, 9.17) is 14.5 Å². The fraction of sp³-hybridized carbons (Fsp3) is 0.312. The molecule has 42 heavy (non-hydrogen) atoms. The molecule has 0 atom stereocenters. The molecular weight excluding hydrogens is 554 g/mol. The molecule has 6 rings (SSSR count). The van der Waals surface area contributed by atoms with E-state index < -0.39 is 11.5 Å². The lowest BCUT2D eigenvalue weighted by atomic mass is 9.95. The summed E-state index contributed by atoms with van der Waals surface area (Å²) in [5.74, 6) is -0.785. The number of rotatable bonds is 6. The molecule has 0 saturated carbocycles. The Labute approximate surface area is 246 Å². The van der Waals surface area contributed by atoms with Crippen molar-refractivity contribution in [2.24, 2.45) is 4.99 Å². The van der Waals surface area contributed by atoms with Gasteiger partial charge >= 0.3 is 5.97 Å². The molecule has 9 nitrogen and oxygen atoms in total. The molecule has 1 aliphatic carbocycles. The summed E-state index contributed by atoms with van der Waals surface area (Å²) >= 11 is 1.53. The highest BCUT2D eigenvalue weighted by molar-refractivity contribution is 7.16. The van der Waals surface area contributed by atoms with Gasteiger partial charge in [-0.15, -0.1) is 11.3 Å². The van der Waals surface area contributed by atoms with Crippen LogP contribution in [-0.2, 0) is 22.3 Å². The van der Waals surface area contributed by atoms with E-state index in [1.54, 1.807) is 61.7 Å². The third-order valence-electron chi connectivity index (χ3n) is 7.72. The lowest BCUT2D eigenvalue weighted by Gasteiger charge is -2.27. The van der Waals surface area contributed by atoms with Crippen molar-refractivity contribution in [1.82, 2.24) is 9.47 Å². The van der Waals surface area contributed by atoms with Crippen LogP contribution >= 0.6 is 11.3 Å². The highest BCUT2D eigenvalue weighted by Crippen LogP contribution is 2.41. The van der Waals surface area contributed by atoms with Gasteiger partial charge in [0.15, 0.2) is 0 Å². The fourth-order valence-corrected chi connectivity index (χ4v) is 6.83. The molecule has 4 aromatic rings. The quantitative estimate of drug-likeness (QED) is 0.251. The molecule has 2 aromatic heterocycles. The van der Waals surface area contributed by atoms with E-state index in [1.807, 2.05) is 4.90 Å². The predicted octanol–water partition coefficient (Wildman–Crippen LogP) is 5.04. The number of thiophene rings is 1. The maximum absolute atomic E-state index is 13.7. The Morgan fingerprint density at radius 2 is 1.76 bits per heavy atom. The zero-order chi connectivity index (χ0) is 29.2. The van der Waals surface area contributed by atoms with Crippen LogP contribution < -0.4 is 5.56 Å². The van der Waals surface area contributed by atoms with Crippen molar-refractivity contribution < 1.29 is 24.2 Å². The molecule has 1 aliphatic heterocycles. The summed E-state index contributed by atoms with van der Waals surface area (Å²) in [7, 11) is 0. The van der Waals surface area contributed by atoms with Crippen molar-refractivity contribution in [2.75, 3.05) is 32.9 Å². The lowest BCUT2D eigenvalue weighted by Crippen LogP contribution is -2.41. The molecular formula is C32H31N3O6S. The number of hydrogen-bond acceptors (Lipinski definition) is 8. The molecule has 0 bridgehead atoms. The van der Waals surface area contributed by atoms with Gasteiger partial charge in [0, 0.05) is 35.0 Å². The van der Waals surface area contributed by atoms with Crippen LogP contribution in [0.15, 0.2) is 58.3 Å². The summed E-state index contributed by atoms with van der Waals surface area (Å²) in [6.07, 6.45) is 5.41. The van der Waals surface area contributed by atoms with Crippen LogP contribution in [0.25, 0.3) is 16.5 Å². The van der Waals surface area contributed by atoms with E-state index in [0.717, 1.165) is 31.2 Å². The third-order valence-corrected chi connectivity index (χ3v) is 8.92. The first-order valence-corrected chi connectivity index (χ1v) is 15.0. The van der Waals surface area contributed by atoms with E-state index in [9.17, 15) is 19.5 Å². The van der Waals surface area contributed by atoms with Crippen LogP contribution in [0.3, 0.4) is 0 Å². The summed E-state index contributed by atoms with van der Waals surface area (Å²) in [4.78, 5) is 47.2. The van der Waals surface area contributed by atoms with Gasteiger partial charge in [0.25, 0.3) is 11.5 Å². The number of aliphatic imine (C=N–C) groups is 1. The highest BCUT2D eigenvalue weighted by Gasteiger charge is 2.29. The number of carbonyl (C=O) groups excluding carboxylic acids is 2. The SMILES string of the molecule is CCOC(=O)c1ccc(-n2c(O)c(/C=N/c3sc4c(c3C(=O)N3CCOCC3)CCCC4)c3ccccc3c2=O)cc1. The van der Waals surface area contributed by atoms with Gasteiger partial charge in [-0.1, -0.05) is 18.2 Å². The number of hydrogen-bond donors (Lipinski definition) is 1. The Morgan fingerprint density at radius 1 is 1.05 bits per heavy atom. The second kappa shape index (κ2) is 11.9. The Hall–Kier alpha value is -4.28. The zero-order valence-corrected chi connectivity index (χ0v) is 24.1. The van der Waals surface area contributed by atoms with Crippen molar-refractivity contribution in [3.63, 3.8) is 0 Å². The number of carbonyl (C=O) groups is 2. The van der Waals surface area contributed by atoms with Gasteiger partial charge in [-0.25, -0.2) is 14.4 Å². The maximum Gasteiger partial charge on any atom is 0.338 e. The number of aromatic nitrogens is 1. The third kappa shape index (κ3) is 5.12. The summed E-state index contributed by atoms with van der Waals surface area (Å²) < 4.78 is 11.7. The molecule has 0 spiro atoms. The van der Waals surface area contributed by atoms with Crippen molar-refractivity contribution >= 4 is 45.2 Å². The normalized spacial score (nSPS) is 15.2. The topological polar surface area (TPSA) is 110 Å². The summed E-state index contributed by atoms with van der Waals surface area (Å²) in [5.41, 5.74) is 2.40. The van der Waals surface area contributed by atoms with E-state index >= 15 is 0 Å². The number of aromatic hydroxyl groups is 1. The summed E-state index contributed by atoms with van der Waals surface area (Å²) in [6.45, 7) is 4.09. The number of nitrogens with zero attached hydrogens (tertiary/aromatic N) is 3. The molecule has 10 heteroatoms. The molecule has 1 N–H and O–H groups in total. The number of pyridine rings is 1. The number of esters is 1. The largest absolute Gasteiger partial charge is 0.494 e. The Balaban J connectivity index is 1.46. The van der Waals surface area contributed by atoms with E-state index in [-0.39, 0.29) is 18.4 Å². The Morgan fingerprint density at radius 3 is 2.50 bits per heavy atom. The number of fused-ring (bicyclic) bond motifs is 2. The second-order valence-corrected chi connectivity index (χ2v) is 11.3. The van der Waals surface area contributed by atoms with Gasteiger partial charge in [0.2, 0.25) is 5.88 Å². The van der Waals surface area contributed by atoms with Crippen LogP contribution in [0.5, 0.6) is 5.88 Å². The van der Waals surface area contributed by atoms with Gasteiger partial charge < -0.3 is 19.5 Å². The number of ether oxygens (including phenoxy) is 2. The van der Waals surface area contributed by atoms with Gasteiger partial charge in [0.1, 0.15) is 5.00 Å². The van der Waals surface area contributed by atoms with Crippen molar-refractivity contribution in [2.45, 2.75) is 32.6 Å². The predicted molar refractivity (Wildman–Crippen MR) is 162 cm³/mol. The summed E-state index contributed by atoms with van der Waals surface area (Å²) in [5, 5.41) is 13.1. The van der Waals surface area contributed by atoms with Crippen LogP contribution in [-0.4, -0.2) is 65.6 Å². The smallest absolute Gasteiger partial charge is 0.338 e. The minimum Gasteiger partial charge on any atom is -0.494 e. The van der Waals surface area contributed by atoms with Crippen molar-refractivity contribution in [3.05, 3.63) is 86.0 Å². The van der Waals surface area contributed by atoms with Gasteiger partial charge in [0.05, 0.1) is 42.2 Å². The Bertz CT molecular complexity index is 1750. The number of aryl methyl sites for hydroxylation is 1. The number of benzene rings is 2. The second-order valence-electron chi connectivity index (χ2n) is 10.2.